The summed E-state index contributed by atoms with van der Waals surface area (Å²) in [7, 11) is 0. The molecule has 1 heterocycles. The number of rotatable bonds is 5. The summed E-state index contributed by atoms with van der Waals surface area (Å²) >= 11 is 5.81. The van der Waals surface area contributed by atoms with Gasteiger partial charge in [0, 0.05) is 24.8 Å². The Hall–Kier alpha value is -1.00. The number of nitrogen functional groups attached to an aromatic ring is 1. The van der Waals surface area contributed by atoms with Gasteiger partial charge in [0.2, 0.25) is 0 Å². The lowest BCUT2D eigenvalue weighted by molar-refractivity contribution is 0.301. The van der Waals surface area contributed by atoms with Crippen molar-refractivity contribution < 1.29 is 5.11 Å². The van der Waals surface area contributed by atoms with Crippen LogP contribution in [0.3, 0.4) is 0 Å². The van der Waals surface area contributed by atoms with Gasteiger partial charge in [-0.2, -0.15) is 0 Å². The standard InChI is InChI=1S/C10H16ClN3O/c1-2-3-14(4-5-15)10-7-8(12)6-9(11)13-10/h6-7,15H,2-5H2,1H3,(H2,12,13). The highest BCUT2D eigenvalue weighted by atomic mass is 35.5. The molecule has 5 heteroatoms. The number of halogens is 1. The maximum atomic E-state index is 8.93. The lowest BCUT2D eigenvalue weighted by Gasteiger charge is -2.22. The topological polar surface area (TPSA) is 62.4 Å². The average molecular weight is 230 g/mol. The molecular weight excluding hydrogens is 214 g/mol. The summed E-state index contributed by atoms with van der Waals surface area (Å²) < 4.78 is 0. The number of aliphatic hydroxyl groups excluding tert-OH is 1. The third-order valence-electron chi connectivity index (χ3n) is 1.99. The fourth-order valence-electron chi connectivity index (χ4n) is 1.40. The highest BCUT2D eigenvalue weighted by molar-refractivity contribution is 6.29. The minimum atomic E-state index is 0.0914. The van der Waals surface area contributed by atoms with Crippen LogP contribution in [0.15, 0.2) is 12.1 Å². The molecule has 3 N–H and O–H groups in total. The summed E-state index contributed by atoms with van der Waals surface area (Å²) in [6.45, 7) is 3.53. The third kappa shape index (κ3) is 3.57. The number of hydrogen-bond donors (Lipinski definition) is 2. The molecule has 4 nitrogen and oxygen atoms in total. The van der Waals surface area contributed by atoms with Crippen molar-refractivity contribution in [2.24, 2.45) is 0 Å². The zero-order valence-electron chi connectivity index (χ0n) is 8.78. The van der Waals surface area contributed by atoms with Crippen LogP contribution in [0.2, 0.25) is 5.15 Å². The van der Waals surface area contributed by atoms with E-state index in [1.165, 1.54) is 0 Å². The van der Waals surface area contributed by atoms with Gasteiger partial charge in [-0.05, 0) is 12.5 Å². The summed E-state index contributed by atoms with van der Waals surface area (Å²) in [5.41, 5.74) is 6.26. The number of anilines is 2. The Morgan fingerprint density at radius 1 is 1.47 bits per heavy atom. The van der Waals surface area contributed by atoms with E-state index < -0.39 is 0 Å². The van der Waals surface area contributed by atoms with Gasteiger partial charge in [-0.15, -0.1) is 0 Å². The van der Waals surface area contributed by atoms with Crippen LogP contribution in [0.4, 0.5) is 11.5 Å². The Balaban J connectivity index is 2.88. The van der Waals surface area contributed by atoms with Gasteiger partial charge >= 0.3 is 0 Å². The summed E-state index contributed by atoms with van der Waals surface area (Å²) in [4.78, 5) is 6.13. The van der Waals surface area contributed by atoms with E-state index in [0.717, 1.165) is 18.8 Å². The largest absolute Gasteiger partial charge is 0.399 e. The third-order valence-corrected chi connectivity index (χ3v) is 2.18. The molecule has 0 amide bonds. The minimum absolute atomic E-state index is 0.0914. The van der Waals surface area contributed by atoms with Crippen LogP contribution in [0.1, 0.15) is 13.3 Å². The number of hydrogen-bond acceptors (Lipinski definition) is 4. The van der Waals surface area contributed by atoms with Gasteiger partial charge in [-0.3, -0.25) is 0 Å². The molecule has 0 fully saturated rings. The van der Waals surface area contributed by atoms with Crippen molar-refractivity contribution in [3.05, 3.63) is 17.3 Å². The van der Waals surface area contributed by atoms with Crippen LogP contribution in [0.5, 0.6) is 0 Å². The van der Waals surface area contributed by atoms with Crippen molar-refractivity contribution >= 4 is 23.1 Å². The second-order valence-corrected chi connectivity index (χ2v) is 3.68. The van der Waals surface area contributed by atoms with Gasteiger partial charge < -0.3 is 15.7 Å². The van der Waals surface area contributed by atoms with Crippen LogP contribution in [0.25, 0.3) is 0 Å². The molecule has 0 aliphatic heterocycles. The number of pyridine rings is 1. The smallest absolute Gasteiger partial charge is 0.133 e. The van der Waals surface area contributed by atoms with Crippen LogP contribution in [-0.2, 0) is 0 Å². The lowest BCUT2D eigenvalue weighted by Crippen LogP contribution is -2.28. The molecule has 84 valence electrons. The number of nitrogens with zero attached hydrogens (tertiary/aromatic N) is 2. The van der Waals surface area contributed by atoms with Crippen molar-refractivity contribution in [2.45, 2.75) is 13.3 Å². The van der Waals surface area contributed by atoms with E-state index in [0.29, 0.717) is 17.4 Å². The Morgan fingerprint density at radius 3 is 2.73 bits per heavy atom. The van der Waals surface area contributed by atoms with Gasteiger partial charge in [-0.25, -0.2) is 4.98 Å². The minimum Gasteiger partial charge on any atom is -0.399 e. The maximum absolute atomic E-state index is 8.93. The molecule has 1 aromatic rings. The van der Waals surface area contributed by atoms with Gasteiger partial charge in [0.05, 0.1) is 6.61 Å². The quantitative estimate of drug-likeness (QED) is 0.752. The molecule has 0 bridgehead atoms. The summed E-state index contributed by atoms with van der Waals surface area (Å²) in [5, 5.41) is 9.31. The molecule has 1 aromatic heterocycles. The first-order valence-corrected chi connectivity index (χ1v) is 5.34. The molecule has 0 spiro atoms. The Labute approximate surface area is 94.7 Å². The predicted molar refractivity (Wildman–Crippen MR) is 63.2 cm³/mol. The van der Waals surface area contributed by atoms with Crippen molar-refractivity contribution in [1.29, 1.82) is 0 Å². The van der Waals surface area contributed by atoms with Crippen LogP contribution >= 0.6 is 11.6 Å². The lowest BCUT2D eigenvalue weighted by atomic mass is 10.3. The van der Waals surface area contributed by atoms with Gasteiger partial charge in [0.15, 0.2) is 0 Å². The second kappa shape index (κ2) is 5.78. The molecule has 0 radical (unpaired) electrons. The number of aliphatic hydroxyl groups is 1. The summed E-state index contributed by atoms with van der Waals surface area (Å²) in [6, 6.07) is 3.37. The highest BCUT2D eigenvalue weighted by Crippen LogP contribution is 2.19. The maximum Gasteiger partial charge on any atom is 0.133 e. The average Bonchev–Trinajstić information content (AvgIpc) is 2.16. The van der Waals surface area contributed by atoms with Gasteiger partial charge in [0.25, 0.3) is 0 Å². The SMILES string of the molecule is CCCN(CCO)c1cc(N)cc(Cl)n1. The van der Waals surface area contributed by atoms with Crippen molar-refractivity contribution in [1.82, 2.24) is 4.98 Å². The molecule has 0 aliphatic rings. The van der Waals surface area contributed by atoms with Crippen molar-refractivity contribution in [2.75, 3.05) is 30.3 Å². The molecule has 0 unspecified atom stereocenters. The van der Waals surface area contributed by atoms with E-state index in [2.05, 4.69) is 11.9 Å². The van der Waals surface area contributed by atoms with Crippen molar-refractivity contribution in [3.8, 4) is 0 Å². The fourth-order valence-corrected chi connectivity index (χ4v) is 1.61. The van der Waals surface area contributed by atoms with E-state index in [1.54, 1.807) is 12.1 Å². The normalized spacial score (nSPS) is 10.3. The molecule has 15 heavy (non-hydrogen) atoms. The van der Waals surface area contributed by atoms with E-state index in [-0.39, 0.29) is 6.61 Å². The number of aromatic nitrogens is 1. The van der Waals surface area contributed by atoms with Crippen LogP contribution in [-0.4, -0.2) is 29.8 Å². The highest BCUT2D eigenvalue weighted by Gasteiger charge is 2.07. The van der Waals surface area contributed by atoms with E-state index in [1.807, 2.05) is 4.90 Å². The Bertz CT molecular complexity index is 293. The monoisotopic (exact) mass is 229 g/mol. The Morgan fingerprint density at radius 2 is 2.20 bits per heavy atom. The molecule has 0 aliphatic carbocycles. The fraction of sp³-hybridized carbons (Fsp3) is 0.500. The zero-order valence-corrected chi connectivity index (χ0v) is 9.54. The molecular formula is C10H16ClN3O. The van der Waals surface area contributed by atoms with Gasteiger partial charge in [-0.1, -0.05) is 18.5 Å². The Kier molecular flexibility index (Phi) is 4.65. The molecule has 0 aromatic carbocycles. The summed E-state index contributed by atoms with van der Waals surface area (Å²) in [5.74, 6) is 0.718. The van der Waals surface area contributed by atoms with E-state index in [4.69, 9.17) is 22.4 Å². The molecule has 0 saturated carbocycles. The molecule has 0 atom stereocenters. The zero-order chi connectivity index (χ0) is 11.3. The first-order valence-electron chi connectivity index (χ1n) is 4.96. The van der Waals surface area contributed by atoms with Crippen molar-refractivity contribution in [3.63, 3.8) is 0 Å². The van der Waals surface area contributed by atoms with Crippen LogP contribution in [0, 0.1) is 0 Å². The van der Waals surface area contributed by atoms with Crippen LogP contribution < -0.4 is 10.6 Å². The van der Waals surface area contributed by atoms with E-state index in [9.17, 15) is 0 Å². The summed E-state index contributed by atoms with van der Waals surface area (Å²) in [6.07, 6.45) is 0.980. The molecule has 0 saturated heterocycles. The number of nitrogens with two attached hydrogens (primary N) is 1. The second-order valence-electron chi connectivity index (χ2n) is 3.29. The predicted octanol–water partition coefficient (Wildman–Crippen LogP) is 1.53. The first-order chi connectivity index (χ1) is 7.17. The van der Waals surface area contributed by atoms with E-state index >= 15 is 0 Å². The molecule has 1 rings (SSSR count). The first kappa shape index (κ1) is 12.1. The van der Waals surface area contributed by atoms with Gasteiger partial charge in [0.1, 0.15) is 11.0 Å².